The predicted octanol–water partition coefficient (Wildman–Crippen LogP) is 2.62. The third-order valence-electron chi connectivity index (χ3n) is 2.97. The number of rotatable bonds is 5. The maximum absolute atomic E-state index is 12.2. The first-order valence-corrected chi connectivity index (χ1v) is 6.59. The lowest BCUT2D eigenvalue weighted by Gasteiger charge is -2.23. The van der Waals surface area contributed by atoms with Crippen LogP contribution < -0.4 is 4.74 Å². The van der Waals surface area contributed by atoms with Crippen LogP contribution in [0.2, 0.25) is 5.02 Å². The first kappa shape index (κ1) is 13.7. The third-order valence-corrected chi connectivity index (χ3v) is 3.20. The molecule has 0 spiro atoms. The van der Waals surface area contributed by atoms with E-state index in [1.165, 1.54) is 0 Å². The number of benzene rings is 1. The van der Waals surface area contributed by atoms with Gasteiger partial charge in [0.2, 0.25) is 0 Å². The van der Waals surface area contributed by atoms with Gasteiger partial charge >= 0.3 is 0 Å². The molecule has 5 heteroatoms. The summed E-state index contributed by atoms with van der Waals surface area (Å²) in [6, 6.07) is 9.16. The minimum absolute atomic E-state index is 0.118. The first-order valence-electron chi connectivity index (χ1n) is 6.21. The second-order valence-corrected chi connectivity index (χ2v) is 5.01. The van der Waals surface area contributed by atoms with Gasteiger partial charge in [0.05, 0.1) is 6.07 Å². The summed E-state index contributed by atoms with van der Waals surface area (Å²) in [7, 11) is 0. The highest BCUT2D eigenvalue weighted by Gasteiger charge is 2.35. The van der Waals surface area contributed by atoms with Crippen molar-refractivity contribution < 1.29 is 9.53 Å². The molecule has 1 aromatic rings. The minimum Gasteiger partial charge on any atom is -0.481 e. The van der Waals surface area contributed by atoms with Crippen LogP contribution in [-0.2, 0) is 4.79 Å². The average Bonchev–Trinajstić information content (AvgIpc) is 3.19. The Labute approximate surface area is 117 Å². The molecular formula is C14H15ClN2O2. The van der Waals surface area contributed by atoms with Gasteiger partial charge in [-0.1, -0.05) is 17.7 Å². The van der Waals surface area contributed by atoms with Crippen LogP contribution in [0, 0.1) is 11.3 Å². The molecule has 2 rings (SSSR count). The van der Waals surface area contributed by atoms with Crippen LogP contribution in [0.4, 0.5) is 0 Å². The van der Waals surface area contributed by atoms with E-state index in [2.05, 4.69) is 0 Å². The van der Waals surface area contributed by atoms with Crippen molar-refractivity contribution in [2.45, 2.75) is 31.9 Å². The Bertz CT molecular complexity index is 508. The average molecular weight is 279 g/mol. The minimum atomic E-state index is -0.618. The van der Waals surface area contributed by atoms with Gasteiger partial charge in [0, 0.05) is 11.1 Å². The van der Waals surface area contributed by atoms with Gasteiger partial charge in [-0.15, -0.1) is 0 Å². The summed E-state index contributed by atoms with van der Waals surface area (Å²) in [5.41, 5.74) is 0. The maximum Gasteiger partial charge on any atom is 0.264 e. The zero-order valence-corrected chi connectivity index (χ0v) is 11.4. The van der Waals surface area contributed by atoms with E-state index < -0.39 is 6.10 Å². The van der Waals surface area contributed by atoms with Crippen LogP contribution in [0.25, 0.3) is 0 Å². The van der Waals surface area contributed by atoms with Crippen LogP contribution >= 0.6 is 11.6 Å². The molecule has 0 bridgehead atoms. The van der Waals surface area contributed by atoms with Gasteiger partial charge in [0.1, 0.15) is 12.3 Å². The number of nitriles is 1. The first-order chi connectivity index (χ1) is 9.11. The van der Waals surface area contributed by atoms with E-state index in [-0.39, 0.29) is 18.5 Å². The van der Waals surface area contributed by atoms with Gasteiger partial charge < -0.3 is 9.64 Å². The van der Waals surface area contributed by atoms with Crippen LogP contribution in [0.1, 0.15) is 19.8 Å². The quantitative estimate of drug-likeness (QED) is 0.778. The molecule has 100 valence electrons. The SMILES string of the molecule is C[C@H](Oc1cccc(Cl)c1)C(=O)N(CC#N)C1CC1. The molecular weight excluding hydrogens is 264 g/mol. The summed E-state index contributed by atoms with van der Waals surface area (Å²) >= 11 is 5.86. The summed E-state index contributed by atoms with van der Waals surface area (Å²) in [4.78, 5) is 13.8. The van der Waals surface area contributed by atoms with E-state index in [1.54, 1.807) is 36.1 Å². The highest BCUT2D eigenvalue weighted by atomic mass is 35.5. The van der Waals surface area contributed by atoms with Gasteiger partial charge in [-0.05, 0) is 38.0 Å². The van der Waals surface area contributed by atoms with Crippen molar-refractivity contribution in [3.63, 3.8) is 0 Å². The zero-order valence-electron chi connectivity index (χ0n) is 10.7. The molecule has 1 aliphatic carbocycles. The lowest BCUT2D eigenvalue weighted by molar-refractivity contribution is -0.137. The Hall–Kier alpha value is -1.73. The second kappa shape index (κ2) is 5.94. The summed E-state index contributed by atoms with van der Waals surface area (Å²) in [6.07, 6.45) is 1.32. The monoisotopic (exact) mass is 278 g/mol. The molecule has 0 radical (unpaired) electrons. The molecule has 0 heterocycles. The smallest absolute Gasteiger partial charge is 0.264 e. The molecule has 1 fully saturated rings. The predicted molar refractivity (Wildman–Crippen MR) is 71.9 cm³/mol. The summed E-state index contributed by atoms with van der Waals surface area (Å²) in [5.74, 6) is 0.407. The van der Waals surface area contributed by atoms with Crippen molar-refractivity contribution in [3.05, 3.63) is 29.3 Å². The second-order valence-electron chi connectivity index (χ2n) is 4.57. The van der Waals surface area contributed by atoms with Crippen molar-refractivity contribution in [1.82, 2.24) is 4.90 Å². The van der Waals surface area contributed by atoms with Gasteiger partial charge in [0.25, 0.3) is 5.91 Å². The van der Waals surface area contributed by atoms with E-state index in [0.29, 0.717) is 10.8 Å². The number of carbonyl (C=O) groups is 1. The van der Waals surface area contributed by atoms with E-state index in [0.717, 1.165) is 12.8 Å². The highest BCUT2D eigenvalue weighted by molar-refractivity contribution is 6.30. The van der Waals surface area contributed by atoms with Crippen molar-refractivity contribution in [1.29, 1.82) is 5.26 Å². The number of halogens is 1. The fraction of sp³-hybridized carbons (Fsp3) is 0.429. The molecule has 1 saturated carbocycles. The topological polar surface area (TPSA) is 53.3 Å². The number of ether oxygens (including phenoxy) is 1. The highest BCUT2D eigenvalue weighted by Crippen LogP contribution is 2.27. The van der Waals surface area contributed by atoms with E-state index >= 15 is 0 Å². The Kier molecular flexibility index (Phi) is 4.28. The van der Waals surface area contributed by atoms with Crippen LogP contribution in [0.5, 0.6) is 5.75 Å². The van der Waals surface area contributed by atoms with E-state index in [1.807, 2.05) is 6.07 Å². The van der Waals surface area contributed by atoms with Crippen LogP contribution in [0.3, 0.4) is 0 Å². The largest absolute Gasteiger partial charge is 0.481 e. The molecule has 0 aromatic heterocycles. The number of nitrogens with zero attached hydrogens (tertiary/aromatic N) is 2. The summed E-state index contributed by atoms with van der Waals surface area (Å²) in [5, 5.41) is 9.33. The van der Waals surface area contributed by atoms with E-state index in [9.17, 15) is 4.79 Å². The number of hydrogen-bond acceptors (Lipinski definition) is 3. The number of hydrogen-bond donors (Lipinski definition) is 0. The molecule has 1 atom stereocenters. The van der Waals surface area contributed by atoms with Crippen molar-refractivity contribution in [3.8, 4) is 11.8 Å². The zero-order chi connectivity index (χ0) is 13.8. The lowest BCUT2D eigenvalue weighted by atomic mass is 10.3. The normalized spacial score (nSPS) is 15.4. The summed E-state index contributed by atoms with van der Waals surface area (Å²) in [6.45, 7) is 1.81. The fourth-order valence-electron chi connectivity index (χ4n) is 1.88. The maximum atomic E-state index is 12.2. The van der Waals surface area contributed by atoms with Crippen molar-refractivity contribution in [2.24, 2.45) is 0 Å². The number of carbonyl (C=O) groups excluding carboxylic acids is 1. The van der Waals surface area contributed by atoms with Gasteiger partial charge in [-0.3, -0.25) is 4.79 Å². The number of amides is 1. The molecule has 0 aliphatic heterocycles. The van der Waals surface area contributed by atoms with Crippen LogP contribution in [-0.4, -0.2) is 29.5 Å². The Morgan fingerprint density at radius 1 is 1.63 bits per heavy atom. The Morgan fingerprint density at radius 2 is 2.37 bits per heavy atom. The molecule has 1 aromatic carbocycles. The molecule has 4 nitrogen and oxygen atoms in total. The third kappa shape index (κ3) is 3.62. The van der Waals surface area contributed by atoms with Crippen molar-refractivity contribution >= 4 is 17.5 Å². The standard InChI is InChI=1S/C14H15ClN2O2/c1-10(19-13-4-2-3-11(15)9-13)14(18)17(8-7-16)12-5-6-12/h2-4,9-10,12H,5-6,8H2,1H3/t10-/m0/s1. The molecule has 0 N–H and O–H groups in total. The molecule has 1 aliphatic rings. The van der Waals surface area contributed by atoms with E-state index in [4.69, 9.17) is 21.6 Å². The van der Waals surface area contributed by atoms with Gasteiger partial charge in [0.15, 0.2) is 6.10 Å². The Balaban J connectivity index is 2.00. The lowest BCUT2D eigenvalue weighted by Crippen LogP contribution is -2.42. The Morgan fingerprint density at radius 3 is 2.95 bits per heavy atom. The van der Waals surface area contributed by atoms with Crippen LogP contribution in [0.15, 0.2) is 24.3 Å². The molecule has 1 amide bonds. The van der Waals surface area contributed by atoms with Gasteiger partial charge in [-0.2, -0.15) is 5.26 Å². The molecule has 0 unspecified atom stereocenters. The van der Waals surface area contributed by atoms with Crippen molar-refractivity contribution in [2.75, 3.05) is 6.54 Å². The molecule has 0 saturated heterocycles. The fourth-order valence-corrected chi connectivity index (χ4v) is 2.06. The van der Waals surface area contributed by atoms with Gasteiger partial charge in [-0.25, -0.2) is 0 Å². The molecule has 19 heavy (non-hydrogen) atoms. The summed E-state index contributed by atoms with van der Waals surface area (Å²) < 4.78 is 5.58.